The lowest BCUT2D eigenvalue weighted by molar-refractivity contribution is -0.132. The van der Waals surface area contributed by atoms with E-state index < -0.39 is 12.1 Å². The summed E-state index contributed by atoms with van der Waals surface area (Å²) >= 11 is 0. The molecule has 4 amide bonds. The first-order chi connectivity index (χ1) is 22.3. The number of aliphatic hydroxyl groups is 1. The van der Waals surface area contributed by atoms with E-state index >= 15 is 0 Å². The van der Waals surface area contributed by atoms with Crippen molar-refractivity contribution in [3.63, 3.8) is 0 Å². The number of rotatable bonds is 10. The summed E-state index contributed by atoms with van der Waals surface area (Å²) in [5, 5.41) is 19.6. The number of anilines is 2. The molecule has 0 fully saturated rings. The van der Waals surface area contributed by atoms with Gasteiger partial charge in [0.1, 0.15) is 17.1 Å². The van der Waals surface area contributed by atoms with Gasteiger partial charge in [-0.05, 0) is 92.2 Å². The number of carbonyl (C=O) groups is 3. The number of likely N-dealkylation sites (N-methyl/N-ethyl adjacent to an activating group) is 1. The number of carbonyl (C=O) groups excluding carboxylic acids is 3. The van der Waals surface area contributed by atoms with Crippen LogP contribution < -0.4 is 15.4 Å². The number of urea groups is 1. The number of aromatic nitrogens is 1. The van der Waals surface area contributed by atoms with Crippen LogP contribution in [-0.2, 0) is 9.53 Å². The number of hydrogen-bond acceptors (Lipinski definition) is 9. The van der Waals surface area contributed by atoms with Gasteiger partial charge in [-0.15, -0.1) is 0 Å². The van der Waals surface area contributed by atoms with E-state index in [-0.39, 0.29) is 48.7 Å². The zero-order valence-electron chi connectivity index (χ0n) is 29.3. The first kappa shape index (κ1) is 37.8. The fourth-order valence-electron chi connectivity index (χ4n) is 5.51. The molecule has 13 heteroatoms. The number of hydrogen-bond donors (Lipinski definition) is 3. The molecule has 47 heavy (non-hydrogen) atoms. The SMILES string of the molecule is Cc1noc(C)c1NC(=O)Nc1ccc2c(c1)C(=O)N([C@H](C)CO)C[C@H](C)[C@H](CN(C)C(=O)CCCN(C)C)OCCCC[C@@H](C)O2. The monoisotopic (exact) mass is 658 g/mol. The summed E-state index contributed by atoms with van der Waals surface area (Å²) in [7, 11) is 5.77. The van der Waals surface area contributed by atoms with Gasteiger partial charge in [0, 0.05) is 44.8 Å². The van der Waals surface area contributed by atoms with Gasteiger partial charge >= 0.3 is 6.03 Å². The quantitative estimate of drug-likeness (QED) is 0.335. The number of nitrogens with zero attached hydrogens (tertiary/aromatic N) is 4. The first-order valence-electron chi connectivity index (χ1n) is 16.5. The Morgan fingerprint density at radius 3 is 2.55 bits per heavy atom. The molecular weight excluding hydrogens is 604 g/mol. The second-order valence-corrected chi connectivity index (χ2v) is 13.0. The van der Waals surface area contributed by atoms with Gasteiger partial charge < -0.3 is 44.4 Å². The molecule has 0 radical (unpaired) electrons. The molecule has 0 spiro atoms. The Balaban J connectivity index is 1.88. The third kappa shape index (κ3) is 11.2. The predicted molar refractivity (Wildman–Crippen MR) is 181 cm³/mol. The molecule has 0 saturated heterocycles. The zero-order chi connectivity index (χ0) is 34.7. The molecule has 3 rings (SSSR count). The standard InChI is InChI=1S/C34H54N6O7/c1-22-19-40(23(2)21-41)33(43)28-18-27(35-34(44)36-32-25(4)37-47-26(32)5)14-15-29(28)46-24(3)12-9-10-17-45-30(22)20-39(8)31(42)13-11-16-38(6)7/h14-15,18,22-24,30,41H,9-13,16-17,19-21H2,1-8H3,(H2,35,36,44)/t22-,23+,24+,30-/m0/s1. The molecule has 1 aliphatic heterocycles. The lowest BCUT2D eigenvalue weighted by Crippen LogP contribution is -2.48. The van der Waals surface area contributed by atoms with Crippen LogP contribution >= 0.6 is 0 Å². The number of fused-ring (bicyclic) bond motifs is 1. The largest absolute Gasteiger partial charge is 0.490 e. The Hall–Kier alpha value is -3.68. The average molecular weight is 659 g/mol. The van der Waals surface area contributed by atoms with Crippen LogP contribution in [-0.4, -0.2) is 115 Å². The smallest absolute Gasteiger partial charge is 0.323 e. The zero-order valence-corrected chi connectivity index (χ0v) is 29.3. The molecule has 13 nitrogen and oxygen atoms in total. The Kier molecular flexibility index (Phi) is 14.5. The summed E-state index contributed by atoms with van der Waals surface area (Å²) in [4.78, 5) is 45.6. The molecular formula is C34H54N6O7. The maximum Gasteiger partial charge on any atom is 0.323 e. The van der Waals surface area contributed by atoms with E-state index in [1.807, 2.05) is 27.9 Å². The van der Waals surface area contributed by atoms with Crippen molar-refractivity contribution >= 4 is 29.2 Å². The van der Waals surface area contributed by atoms with E-state index in [0.29, 0.717) is 48.2 Å². The minimum Gasteiger partial charge on any atom is -0.490 e. The number of nitrogens with one attached hydrogen (secondary N) is 2. The van der Waals surface area contributed by atoms with Gasteiger partial charge in [0.25, 0.3) is 5.91 Å². The van der Waals surface area contributed by atoms with Crippen molar-refractivity contribution < 1.29 is 33.5 Å². The van der Waals surface area contributed by atoms with Crippen molar-refractivity contribution in [3.8, 4) is 5.75 Å². The maximum absolute atomic E-state index is 14.3. The third-order valence-electron chi connectivity index (χ3n) is 8.46. The summed E-state index contributed by atoms with van der Waals surface area (Å²) in [6, 6.07) is 3.94. The normalized spacial score (nSPS) is 20.2. The Morgan fingerprint density at radius 1 is 1.15 bits per heavy atom. The maximum atomic E-state index is 14.3. The molecule has 0 bridgehead atoms. The lowest BCUT2D eigenvalue weighted by atomic mass is 10.0. The number of amides is 4. The highest BCUT2D eigenvalue weighted by atomic mass is 16.5. The van der Waals surface area contributed by atoms with Gasteiger partial charge in [0.05, 0.1) is 30.4 Å². The third-order valence-corrected chi connectivity index (χ3v) is 8.46. The van der Waals surface area contributed by atoms with Gasteiger partial charge in [-0.3, -0.25) is 9.59 Å². The van der Waals surface area contributed by atoms with E-state index in [1.54, 1.807) is 55.8 Å². The second kappa shape index (κ2) is 18.0. The van der Waals surface area contributed by atoms with Gasteiger partial charge in [-0.1, -0.05) is 12.1 Å². The fraction of sp³-hybridized carbons (Fsp3) is 0.647. The van der Waals surface area contributed by atoms with Gasteiger partial charge in [-0.25, -0.2) is 4.79 Å². The van der Waals surface area contributed by atoms with E-state index in [4.69, 9.17) is 14.0 Å². The van der Waals surface area contributed by atoms with Crippen molar-refractivity contribution in [2.24, 2.45) is 5.92 Å². The molecule has 1 aromatic heterocycles. The average Bonchev–Trinajstić information content (AvgIpc) is 3.34. The van der Waals surface area contributed by atoms with Crippen LogP contribution in [0.25, 0.3) is 0 Å². The molecule has 2 aromatic rings. The second-order valence-electron chi connectivity index (χ2n) is 13.0. The number of ether oxygens (including phenoxy) is 2. The van der Waals surface area contributed by atoms with Gasteiger partial charge in [0.15, 0.2) is 5.76 Å². The Bertz CT molecular complexity index is 1310. The first-order valence-corrected chi connectivity index (χ1v) is 16.5. The summed E-state index contributed by atoms with van der Waals surface area (Å²) in [6.07, 6.45) is 3.14. The molecule has 0 aliphatic carbocycles. The molecule has 2 heterocycles. The van der Waals surface area contributed by atoms with E-state index in [9.17, 15) is 19.5 Å². The van der Waals surface area contributed by atoms with Crippen LogP contribution in [0.3, 0.4) is 0 Å². The van der Waals surface area contributed by atoms with Gasteiger partial charge in [0.2, 0.25) is 5.91 Å². The number of aryl methyl sites for hydroxylation is 2. The van der Waals surface area contributed by atoms with E-state index in [0.717, 1.165) is 32.2 Å². The molecule has 0 saturated carbocycles. The van der Waals surface area contributed by atoms with Crippen LogP contribution in [0.15, 0.2) is 22.7 Å². The predicted octanol–water partition coefficient (Wildman–Crippen LogP) is 4.53. The molecule has 3 N–H and O–H groups in total. The highest BCUT2D eigenvalue weighted by Crippen LogP contribution is 2.29. The minimum atomic E-state index is -0.520. The van der Waals surface area contributed by atoms with E-state index in [2.05, 4.69) is 20.7 Å². The molecule has 262 valence electrons. The summed E-state index contributed by atoms with van der Waals surface area (Å²) in [6.45, 7) is 10.9. The molecule has 1 aliphatic rings. The van der Waals surface area contributed by atoms with Crippen LogP contribution in [0.4, 0.5) is 16.2 Å². The summed E-state index contributed by atoms with van der Waals surface area (Å²) in [5.74, 6) is 0.411. The number of benzene rings is 1. The minimum absolute atomic E-state index is 0.0528. The molecule has 4 atom stereocenters. The van der Waals surface area contributed by atoms with Crippen molar-refractivity contribution in [1.82, 2.24) is 19.9 Å². The van der Waals surface area contributed by atoms with Crippen LogP contribution in [0.1, 0.15) is 74.7 Å². The van der Waals surface area contributed by atoms with Crippen molar-refractivity contribution in [1.29, 1.82) is 0 Å². The molecule has 0 unspecified atom stereocenters. The summed E-state index contributed by atoms with van der Waals surface area (Å²) < 4.78 is 17.8. The fourth-order valence-corrected chi connectivity index (χ4v) is 5.51. The highest BCUT2D eigenvalue weighted by molar-refractivity contribution is 6.03. The highest BCUT2D eigenvalue weighted by Gasteiger charge is 2.31. The van der Waals surface area contributed by atoms with Crippen molar-refractivity contribution in [2.75, 3.05) is 64.6 Å². The van der Waals surface area contributed by atoms with Crippen molar-refractivity contribution in [2.45, 2.75) is 85.0 Å². The van der Waals surface area contributed by atoms with Crippen LogP contribution in [0, 0.1) is 19.8 Å². The topological polar surface area (TPSA) is 150 Å². The van der Waals surface area contributed by atoms with Gasteiger partial charge in [-0.2, -0.15) is 0 Å². The molecule has 1 aromatic carbocycles. The number of aliphatic hydroxyl groups excluding tert-OH is 1. The van der Waals surface area contributed by atoms with Crippen LogP contribution in [0.2, 0.25) is 0 Å². The summed E-state index contributed by atoms with van der Waals surface area (Å²) in [5.41, 5.74) is 1.68. The Morgan fingerprint density at radius 2 is 1.89 bits per heavy atom. The van der Waals surface area contributed by atoms with Crippen LogP contribution in [0.5, 0.6) is 5.75 Å². The lowest BCUT2D eigenvalue weighted by Gasteiger charge is -2.36. The van der Waals surface area contributed by atoms with E-state index in [1.165, 1.54) is 0 Å². The van der Waals surface area contributed by atoms with Crippen molar-refractivity contribution in [3.05, 3.63) is 35.2 Å². The Labute approximate surface area is 278 Å².